The molecule has 0 atom stereocenters. The molecule has 3 rings (SSSR count). The van der Waals surface area contributed by atoms with Crippen LogP contribution in [-0.2, 0) is 20.8 Å². The summed E-state index contributed by atoms with van der Waals surface area (Å²) in [6.45, 7) is 0.309. The number of rotatable bonds is 6. The van der Waals surface area contributed by atoms with E-state index in [1.807, 2.05) is 24.3 Å². The Morgan fingerprint density at radius 2 is 1.74 bits per heavy atom. The van der Waals surface area contributed by atoms with E-state index in [0.29, 0.717) is 12.6 Å². The summed E-state index contributed by atoms with van der Waals surface area (Å²) < 4.78 is 36.3. The summed E-state index contributed by atoms with van der Waals surface area (Å²) in [5.74, 6) is 0. The largest absolute Gasteiger partial charge is 0.468 e. The van der Waals surface area contributed by atoms with Crippen LogP contribution in [0.25, 0.3) is 11.0 Å². The van der Waals surface area contributed by atoms with E-state index in [0.717, 1.165) is 11.0 Å². The van der Waals surface area contributed by atoms with Crippen molar-refractivity contribution >= 4 is 21.2 Å². The number of imidazole rings is 1. The van der Waals surface area contributed by atoms with E-state index < -0.39 is 10.1 Å². The first-order chi connectivity index (χ1) is 11.1. The summed E-state index contributed by atoms with van der Waals surface area (Å²) in [5, 5.41) is 0. The van der Waals surface area contributed by atoms with E-state index in [-0.39, 0.29) is 11.5 Å². The Balaban J connectivity index is 1.77. The van der Waals surface area contributed by atoms with Gasteiger partial charge in [0.15, 0.2) is 0 Å². The van der Waals surface area contributed by atoms with Crippen LogP contribution in [0, 0.1) is 0 Å². The fraction of sp³-hybridized carbons (Fsp3) is 0.188. The van der Waals surface area contributed by atoms with Crippen molar-refractivity contribution in [3.05, 3.63) is 54.6 Å². The molecule has 1 aromatic heterocycles. The molecule has 0 amide bonds. The third-order valence-electron chi connectivity index (χ3n) is 3.39. The number of aromatic nitrogens is 2. The highest BCUT2D eigenvalue weighted by molar-refractivity contribution is 7.86. The Hall–Kier alpha value is -2.38. The second kappa shape index (κ2) is 6.39. The molecule has 0 aliphatic rings. The zero-order chi connectivity index (χ0) is 16.3. The molecule has 6 nitrogen and oxygen atoms in total. The summed E-state index contributed by atoms with van der Waals surface area (Å²) >= 11 is 0. The van der Waals surface area contributed by atoms with Crippen molar-refractivity contribution in [3.8, 4) is 6.01 Å². The number of ether oxygens (including phenoxy) is 1. The van der Waals surface area contributed by atoms with Crippen LogP contribution in [0.15, 0.2) is 59.5 Å². The van der Waals surface area contributed by atoms with Crippen molar-refractivity contribution in [1.29, 1.82) is 0 Å². The lowest BCUT2D eigenvalue weighted by atomic mass is 10.3. The van der Waals surface area contributed by atoms with Crippen LogP contribution in [0.4, 0.5) is 0 Å². The minimum absolute atomic E-state index is 0.00601. The maximum absolute atomic E-state index is 12.1. The first-order valence-corrected chi connectivity index (χ1v) is 8.46. The second-order valence-electron chi connectivity index (χ2n) is 4.83. The molecule has 23 heavy (non-hydrogen) atoms. The van der Waals surface area contributed by atoms with E-state index >= 15 is 0 Å². The van der Waals surface area contributed by atoms with Gasteiger partial charge in [-0.1, -0.05) is 30.3 Å². The van der Waals surface area contributed by atoms with Crippen molar-refractivity contribution < 1.29 is 17.3 Å². The van der Waals surface area contributed by atoms with Gasteiger partial charge in [0, 0.05) is 0 Å². The van der Waals surface area contributed by atoms with Gasteiger partial charge in [-0.2, -0.15) is 13.4 Å². The van der Waals surface area contributed by atoms with Crippen molar-refractivity contribution in [1.82, 2.24) is 9.55 Å². The summed E-state index contributed by atoms with van der Waals surface area (Å²) in [6, 6.07) is 16.0. The van der Waals surface area contributed by atoms with E-state index in [9.17, 15) is 8.42 Å². The fourth-order valence-corrected chi connectivity index (χ4v) is 3.24. The topological polar surface area (TPSA) is 70.4 Å². The normalized spacial score (nSPS) is 11.7. The molecule has 0 bridgehead atoms. The Morgan fingerprint density at radius 1 is 1.04 bits per heavy atom. The smallest absolute Gasteiger partial charge is 0.297 e. The number of benzene rings is 2. The van der Waals surface area contributed by atoms with Crippen LogP contribution >= 0.6 is 0 Å². The van der Waals surface area contributed by atoms with E-state index in [1.54, 1.807) is 22.8 Å². The lowest BCUT2D eigenvalue weighted by Gasteiger charge is -2.09. The zero-order valence-corrected chi connectivity index (χ0v) is 13.4. The maximum atomic E-state index is 12.1. The minimum Gasteiger partial charge on any atom is -0.468 e. The van der Waals surface area contributed by atoms with Crippen LogP contribution in [0.5, 0.6) is 6.01 Å². The lowest BCUT2D eigenvalue weighted by molar-refractivity contribution is 0.286. The van der Waals surface area contributed by atoms with Gasteiger partial charge in [-0.3, -0.25) is 8.75 Å². The highest BCUT2D eigenvalue weighted by atomic mass is 32.2. The predicted molar refractivity (Wildman–Crippen MR) is 85.9 cm³/mol. The van der Waals surface area contributed by atoms with Gasteiger partial charge in [0.2, 0.25) is 0 Å². The van der Waals surface area contributed by atoms with Gasteiger partial charge in [-0.15, -0.1) is 0 Å². The van der Waals surface area contributed by atoms with Gasteiger partial charge in [-0.25, -0.2) is 0 Å². The van der Waals surface area contributed by atoms with Crippen molar-refractivity contribution in [3.63, 3.8) is 0 Å². The Bertz CT molecular complexity index is 904. The molecular weight excluding hydrogens is 316 g/mol. The number of fused-ring (bicyclic) bond motifs is 1. The molecule has 0 radical (unpaired) electrons. The molecule has 0 spiro atoms. The molecule has 0 unspecified atom stereocenters. The van der Waals surface area contributed by atoms with Crippen LogP contribution in [0.3, 0.4) is 0 Å². The standard InChI is InChI=1S/C16H16N2O4S/c1-21-16-17-14-9-5-6-10-15(14)18(16)11-12-22-23(19,20)13-7-3-2-4-8-13/h2-10H,11-12H2,1H3. The zero-order valence-electron chi connectivity index (χ0n) is 12.5. The molecule has 0 saturated carbocycles. The lowest BCUT2D eigenvalue weighted by Crippen LogP contribution is -2.12. The van der Waals surface area contributed by atoms with Gasteiger partial charge in [-0.05, 0) is 24.3 Å². The molecule has 0 aliphatic heterocycles. The van der Waals surface area contributed by atoms with Crippen LogP contribution in [0.2, 0.25) is 0 Å². The van der Waals surface area contributed by atoms with E-state index in [1.165, 1.54) is 19.2 Å². The van der Waals surface area contributed by atoms with E-state index in [2.05, 4.69) is 4.98 Å². The molecule has 2 aromatic carbocycles. The number of nitrogens with zero attached hydrogens (tertiary/aromatic N) is 2. The summed E-state index contributed by atoms with van der Waals surface area (Å²) in [7, 11) is -2.23. The van der Waals surface area contributed by atoms with Crippen LogP contribution in [-0.4, -0.2) is 31.7 Å². The molecule has 0 N–H and O–H groups in total. The summed E-state index contributed by atoms with van der Waals surface area (Å²) in [6.07, 6.45) is 0. The van der Waals surface area contributed by atoms with Crippen molar-refractivity contribution in [2.75, 3.05) is 13.7 Å². The SMILES string of the molecule is COc1nc2ccccc2n1CCOS(=O)(=O)c1ccccc1. The summed E-state index contributed by atoms with van der Waals surface area (Å²) in [4.78, 5) is 4.48. The van der Waals surface area contributed by atoms with Gasteiger partial charge < -0.3 is 4.74 Å². The second-order valence-corrected chi connectivity index (χ2v) is 6.44. The van der Waals surface area contributed by atoms with Gasteiger partial charge >= 0.3 is 0 Å². The Kier molecular flexibility index (Phi) is 4.31. The molecule has 0 aliphatic carbocycles. The molecule has 7 heteroatoms. The highest BCUT2D eigenvalue weighted by Gasteiger charge is 2.16. The third-order valence-corrected chi connectivity index (χ3v) is 4.71. The number of hydrogen-bond donors (Lipinski definition) is 0. The van der Waals surface area contributed by atoms with Crippen LogP contribution < -0.4 is 4.74 Å². The number of hydrogen-bond acceptors (Lipinski definition) is 5. The molecule has 1 heterocycles. The quantitative estimate of drug-likeness (QED) is 0.649. The average molecular weight is 332 g/mol. The predicted octanol–water partition coefficient (Wildman–Crippen LogP) is 2.45. The van der Waals surface area contributed by atoms with E-state index in [4.69, 9.17) is 8.92 Å². The maximum Gasteiger partial charge on any atom is 0.297 e. The number of para-hydroxylation sites is 2. The minimum atomic E-state index is -3.76. The van der Waals surface area contributed by atoms with Crippen molar-refractivity contribution in [2.45, 2.75) is 11.4 Å². The first-order valence-electron chi connectivity index (χ1n) is 7.05. The van der Waals surface area contributed by atoms with Crippen molar-refractivity contribution in [2.24, 2.45) is 0 Å². The number of methoxy groups -OCH3 is 1. The van der Waals surface area contributed by atoms with Crippen LogP contribution in [0.1, 0.15) is 0 Å². The molecule has 0 saturated heterocycles. The first kappa shape index (κ1) is 15.5. The Labute approximate surface area is 134 Å². The van der Waals surface area contributed by atoms with Gasteiger partial charge in [0.1, 0.15) is 0 Å². The monoisotopic (exact) mass is 332 g/mol. The van der Waals surface area contributed by atoms with Gasteiger partial charge in [0.25, 0.3) is 16.1 Å². The average Bonchev–Trinajstić information content (AvgIpc) is 2.94. The Morgan fingerprint density at radius 3 is 2.48 bits per heavy atom. The highest BCUT2D eigenvalue weighted by Crippen LogP contribution is 2.21. The molecule has 0 fully saturated rings. The molecule has 120 valence electrons. The summed E-state index contributed by atoms with van der Waals surface area (Å²) in [5.41, 5.74) is 1.65. The van der Waals surface area contributed by atoms with Gasteiger partial charge in [0.05, 0.1) is 36.2 Å². The molecule has 3 aromatic rings. The fourth-order valence-electron chi connectivity index (χ4n) is 2.32. The molecular formula is C16H16N2O4S. The third kappa shape index (κ3) is 3.20.